The van der Waals surface area contributed by atoms with Crippen molar-refractivity contribution in [1.29, 1.82) is 0 Å². The van der Waals surface area contributed by atoms with Crippen LogP contribution in [0.25, 0.3) is 0 Å². The predicted octanol–water partition coefficient (Wildman–Crippen LogP) is 1.80. The van der Waals surface area contributed by atoms with Crippen LogP contribution in [-0.2, 0) is 38.1 Å². The van der Waals surface area contributed by atoms with Gasteiger partial charge in [0.25, 0.3) is 20.2 Å². The molecule has 0 radical (unpaired) electrons. The molecule has 1 aliphatic heterocycles. The number of hydrogen-bond acceptors (Lipinski definition) is 8. The molecule has 0 aromatic heterocycles. The van der Waals surface area contributed by atoms with Crippen LogP contribution in [0.1, 0.15) is 51.4 Å². The standard InChI is InChI=1S/C15H30O8S2/c1-24(16,17)22-13-10-14(23-25(2,18)19)8-4-3-6-11-20-15-9-5-7-12-21-15/h14-15H,3-13H2,1-2H3. The first-order chi connectivity index (χ1) is 11.7. The lowest BCUT2D eigenvalue weighted by Gasteiger charge is -2.22. The van der Waals surface area contributed by atoms with Crippen molar-refractivity contribution in [3.63, 3.8) is 0 Å². The van der Waals surface area contributed by atoms with E-state index in [2.05, 4.69) is 4.18 Å². The van der Waals surface area contributed by atoms with Crippen LogP contribution in [0.5, 0.6) is 0 Å². The molecule has 1 saturated heterocycles. The van der Waals surface area contributed by atoms with E-state index in [1.807, 2.05) is 0 Å². The van der Waals surface area contributed by atoms with Gasteiger partial charge in [0.1, 0.15) is 0 Å². The van der Waals surface area contributed by atoms with Crippen molar-refractivity contribution in [2.45, 2.75) is 63.8 Å². The molecule has 0 aromatic rings. The first-order valence-corrected chi connectivity index (χ1v) is 12.2. The van der Waals surface area contributed by atoms with E-state index in [0.29, 0.717) is 13.0 Å². The molecule has 1 rings (SSSR count). The zero-order valence-electron chi connectivity index (χ0n) is 15.0. The Morgan fingerprint density at radius 1 is 0.960 bits per heavy atom. The molecular weight excluding hydrogens is 372 g/mol. The lowest BCUT2D eigenvalue weighted by atomic mass is 10.1. The van der Waals surface area contributed by atoms with E-state index in [1.165, 1.54) is 0 Å². The summed E-state index contributed by atoms with van der Waals surface area (Å²) in [7, 11) is -7.14. The van der Waals surface area contributed by atoms with E-state index in [9.17, 15) is 16.8 Å². The van der Waals surface area contributed by atoms with Gasteiger partial charge in [0.2, 0.25) is 0 Å². The second-order valence-corrected chi connectivity index (χ2v) is 9.50. The summed E-state index contributed by atoms with van der Waals surface area (Å²) < 4.78 is 65.3. The summed E-state index contributed by atoms with van der Waals surface area (Å²) in [6.07, 6.45) is 7.60. The largest absolute Gasteiger partial charge is 0.353 e. The fourth-order valence-electron chi connectivity index (χ4n) is 2.53. The van der Waals surface area contributed by atoms with Crippen molar-refractivity contribution in [3.05, 3.63) is 0 Å². The van der Waals surface area contributed by atoms with Crippen LogP contribution in [0.15, 0.2) is 0 Å². The molecule has 0 bridgehead atoms. The van der Waals surface area contributed by atoms with E-state index >= 15 is 0 Å². The number of unbranched alkanes of at least 4 members (excludes halogenated alkanes) is 2. The molecule has 2 unspecified atom stereocenters. The van der Waals surface area contributed by atoms with Gasteiger partial charge in [-0.1, -0.05) is 12.8 Å². The summed E-state index contributed by atoms with van der Waals surface area (Å²) >= 11 is 0. The highest BCUT2D eigenvalue weighted by Gasteiger charge is 2.17. The lowest BCUT2D eigenvalue weighted by molar-refractivity contribution is -0.162. The third kappa shape index (κ3) is 13.6. The third-order valence-electron chi connectivity index (χ3n) is 3.66. The molecule has 150 valence electrons. The van der Waals surface area contributed by atoms with Gasteiger partial charge < -0.3 is 9.47 Å². The molecule has 0 aromatic carbocycles. The number of rotatable bonds is 13. The van der Waals surface area contributed by atoms with Crippen LogP contribution in [0.4, 0.5) is 0 Å². The number of ether oxygens (including phenoxy) is 2. The Kier molecular flexibility index (Phi) is 10.4. The Labute approximate surface area is 151 Å². The van der Waals surface area contributed by atoms with Gasteiger partial charge in [-0.25, -0.2) is 0 Å². The van der Waals surface area contributed by atoms with Crippen LogP contribution < -0.4 is 0 Å². The lowest BCUT2D eigenvalue weighted by Crippen LogP contribution is -2.22. The van der Waals surface area contributed by atoms with Crippen molar-refractivity contribution in [2.75, 3.05) is 32.3 Å². The quantitative estimate of drug-likeness (QED) is 0.339. The van der Waals surface area contributed by atoms with Crippen molar-refractivity contribution in [3.8, 4) is 0 Å². The van der Waals surface area contributed by atoms with E-state index in [1.54, 1.807) is 0 Å². The molecule has 0 aliphatic carbocycles. The Bertz CT molecular complexity index is 552. The van der Waals surface area contributed by atoms with Gasteiger partial charge in [0, 0.05) is 13.2 Å². The molecule has 0 saturated carbocycles. The third-order valence-corrected chi connectivity index (χ3v) is 4.88. The van der Waals surface area contributed by atoms with E-state index in [0.717, 1.165) is 57.6 Å². The average Bonchev–Trinajstić information content (AvgIpc) is 2.48. The maximum absolute atomic E-state index is 11.3. The Morgan fingerprint density at radius 3 is 2.32 bits per heavy atom. The topological polar surface area (TPSA) is 105 Å². The van der Waals surface area contributed by atoms with Crippen molar-refractivity contribution >= 4 is 20.2 Å². The minimum absolute atomic E-state index is 0.0943. The summed E-state index contributed by atoms with van der Waals surface area (Å²) in [5.41, 5.74) is 0. The minimum Gasteiger partial charge on any atom is -0.353 e. The van der Waals surface area contributed by atoms with Gasteiger partial charge in [0.05, 0.1) is 25.2 Å². The van der Waals surface area contributed by atoms with Gasteiger partial charge in [-0.15, -0.1) is 0 Å². The summed E-state index contributed by atoms with van der Waals surface area (Å²) in [5.74, 6) is 0. The second-order valence-electron chi connectivity index (χ2n) is 6.25. The smallest absolute Gasteiger partial charge is 0.264 e. The molecule has 1 fully saturated rings. The van der Waals surface area contributed by atoms with Gasteiger partial charge in [-0.3, -0.25) is 8.37 Å². The van der Waals surface area contributed by atoms with Crippen LogP contribution in [0, 0.1) is 0 Å². The van der Waals surface area contributed by atoms with Crippen molar-refractivity contribution in [2.24, 2.45) is 0 Å². The first-order valence-electron chi connectivity index (χ1n) is 8.61. The van der Waals surface area contributed by atoms with Gasteiger partial charge in [-0.05, 0) is 38.5 Å². The zero-order valence-corrected chi connectivity index (χ0v) is 16.6. The molecule has 0 amide bonds. The van der Waals surface area contributed by atoms with Gasteiger partial charge in [-0.2, -0.15) is 16.8 Å². The van der Waals surface area contributed by atoms with Crippen LogP contribution in [0.2, 0.25) is 0 Å². The van der Waals surface area contributed by atoms with Crippen molar-refractivity contribution in [1.82, 2.24) is 0 Å². The monoisotopic (exact) mass is 402 g/mol. The molecule has 2 atom stereocenters. The Hall–Kier alpha value is -0.260. The highest BCUT2D eigenvalue weighted by Crippen LogP contribution is 2.16. The minimum atomic E-state index is -3.60. The SMILES string of the molecule is CS(=O)(=O)OCCC(CCCCCOC1CCCCO1)OS(C)(=O)=O. The maximum atomic E-state index is 11.3. The Balaban J connectivity index is 2.19. The highest BCUT2D eigenvalue weighted by atomic mass is 32.2. The highest BCUT2D eigenvalue weighted by molar-refractivity contribution is 7.86. The van der Waals surface area contributed by atoms with E-state index in [-0.39, 0.29) is 19.3 Å². The molecular formula is C15H30O8S2. The summed E-state index contributed by atoms with van der Waals surface area (Å²) in [6, 6.07) is 0. The molecule has 1 aliphatic rings. The van der Waals surface area contributed by atoms with Crippen molar-refractivity contribution < 1.29 is 34.7 Å². The zero-order chi connectivity index (χ0) is 18.8. The van der Waals surface area contributed by atoms with Crippen LogP contribution in [0.3, 0.4) is 0 Å². The second kappa shape index (κ2) is 11.5. The molecule has 0 N–H and O–H groups in total. The summed E-state index contributed by atoms with van der Waals surface area (Å²) in [6.45, 7) is 1.27. The van der Waals surface area contributed by atoms with Gasteiger partial charge in [0.15, 0.2) is 6.29 Å². The van der Waals surface area contributed by atoms with Crippen LogP contribution >= 0.6 is 0 Å². The van der Waals surface area contributed by atoms with Crippen LogP contribution in [-0.4, -0.2) is 61.6 Å². The predicted molar refractivity (Wildman–Crippen MR) is 93.1 cm³/mol. The fraction of sp³-hybridized carbons (Fsp3) is 1.00. The van der Waals surface area contributed by atoms with Gasteiger partial charge >= 0.3 is 0 Å². The maximum Gasteiger partial charge on any atom is 0.264 e. The molecule has 0 spiro atoms. The molecule has 1 heterocycles. The summed E-state index contributed by atoms with van der Waals surface area (Å²) in [5, 5.41) is 0. The molecule has 8 nitrogen and oxygen atoms in total. The average molecular weight is 403 g/mol. The molecule has 10 heteroatoms. The first kappa shape index (κ1) is 22.8. The fourth-order valence-corrected chi connectivity index (χ4v) is 3.61. The molecule has 25 heavy (non-hydrogen) atoms. The Morgan fingerprint density at radius 2 is 1.72 bits per heavy atom. The van der Waals surface area contributed by atoms with E-state index in [4.69, 9.17) is 13.7 Å². The number of hydrogen-bond donors (Lipinski definition) is 0. The van der Waals surface area contributed by atoms with E-state index < -0.39 is 26.3 Å². The normalized spacial score (nSPS) is 20.5. The summed E-state index contributed by atoms with van der Waals surface area (Å²) in [4.78, 5) is 0.